The van der Waals surface area contributed by atoms with E-state index in [-0.39, 0.29) is 71.3 Å². The van der Waals surface area contributed by atoms with E-state index >= 15 is 0 Å². The second-order valence-corrected chi connectivity index (χ2v) is 15.7. The summed E-state index contributed by atoms with van der Waals surface area (Å²) in [5, 5.41) is 9.97. The highest BCUT2D eigenvalue weighted by molar-refractivity contribution is 5.50. The predicted octanol–water partition coefficient (Wildman–Crippen LogP) is 0.907. The molecule has 0 saturated carbocycles. The summed E-state index contributed by atoms with van der Waals surface area (Å²) in [5.74, 6) is 3.39. The Morgan fingerprint density at radius 1 is 0.367 bits per heavy atom. The highest BCUT2D eigenvalue weighted by Crippen LogP contribution is 2.23. The molecule has 3 aliphatic rings. The van der Waals surface area contributed by atoms with Gasteiger partial charge in [-0.1, -0.05) is 0 Å². The van der Waals surface area contributed by atoms with Crippen molar-refractivity contribution < 1.29 is 66.6 Å². The van der Waals surface area contributed by atoms with Crippen LogP contribution in [0, 0.1) is 0 Å². The molecule has 3 unspecified atom stereocenters. The van der Waals surface area contributed by atoms with Gasteiger partial charge >= 0.3 is 0 Å². The lowest BCUT2D eigenvalue weighted by atomic mass is 10.5. The van der Waals surface area contributed by atoms with Crippen molar-refractivity contribution in [2.45, 2.75) is 73.7 Å². The molecule has 6 rings (SSSR count). The van der Waals surface area contributed by atoms with Crippen LogP contribution in [-0.2, 0) is 66.6 Å². The Morgan fingerprint density at radius 3 is 0.886 bits per heavy atom. The van der Waals surface area contributed by atoms with Crippen LogP contribution in [0.5, 0.6) is 0 Å². The van der Waals surface area contributed by atoms with E-state index in [1.54, 1.807) is 0 Å². The minimum absolute atomic E-state index is 0.0893. The second kappa shape index (κ2) is 43.1. The van der Waals surface area contributed by atoms with Crippen molar-refractivity contribution in [3.05, 3.63) is 0 Å². The van der Waals surface area contributed by atoms with Gasteiger partial charge in [-0.25, -0.2) is 0 Å². The van der Waals surface area contributed by atoms with E-state index in [1.165, 1.54) is 0 Å². The van der Waals surface area contributed by atoms with Crippen LogP contribution in [0.15, 0.2) is 0 Å². The largest absolute Gasteiger partial charge is 0.371 e. The molecule has 3 aliphatic heterocycles. The first-order chi connectivity index (χ1) is 38.8. The number of hydrogen-bond acceptors (Lipinski definition) is 32. The molecule has 6 heterocycles. The zero-order chi connectivity index (χ0) is 58.8. The first-order valence-electron chi connectivity index (χ1n) is 25.6. The summed E-state index contributed by atoms with van der Waals surface area (Å²) in [7, 11) is 0. The lowest BCUT2D eigenvalue weighted by molar-refractivity contribution is -0.0987. The van der Waals surface area contributed by atoms with Crippen molar-refractivity contribution in [2.75, 3.05) is 191 Å². The van der Waals surface area contributed by atoms with Crippen LogP contribution in [0.2, 0.25) is 0 Å². The molecule has 3 N–H and O–H groups in total. The topological polar surface area (TPSA) is 350 Å². The Labute approximate surface area is 462 Å². The molecule has 79 heavy (non-hydrogen) atoms. The molecule has 32 nitrogen and oxygen atoms in total. The molecular weight excluding hydrogens is 1040 g/mol. The highest BCUT2D eigenvalue weighted by Gasteiger charge is 2.27. The van der Waals surface area contributed by atoms with Crippen molar-refractivity contribution >= 4 is 87.5 Å². The van der Waals surface area contributed by atoms with Gasteiger partial charge in [0.05, 0.1) is 53.0 Å². The number of hydrogen-bond donors (Lipinski definition) is 3. The zero-order valence-electron chi connectivity index (χ0n) is 47.2. The predicted molar refractivity (Wildman–Crippen MR) is 294 cm³/mol. The number of rotatable bonds is 39. The van der Waals surface area contributed by atoms with Gasteiger partial charge in [0, 0.05) is 52.5 Å². The minimum Gasteiger partial charge on any atom is -0.371 e. The fourth-order valence-electron chi connectivity index (χ4n) is 6.20. The Hall–Kier alpha value is -6.78. The Bertz CT molecular complexity index is 2030. The molecule has 0 amide bonds. The van der Waals surface area contributed by atoms with Gasteiger partial charge in [0.15, 0.2) is 0 Å². The molecule has 3 atom stereocenters. The van der Waals surface area contributed by atoms with Crippen LogP contribution in [0.1, 0.15) is 55.4 Å². The van der Waals surface area contributed by atoms with E-state index in [9.17, 15) is 0 Å². The summed E-state index contributed by atoms with van der Waals surface area (Å²) in [6, 6.07) is 0. The smallest absolute Gasteiger partial charge is 0.235 e. The second-order valence-electron chi connectivity index (χ2n) is 15.7. The average Bonchev–Trinajstić information content (AvgIpc) is 4.35. The summed E-state index contributed by atoms with van der Waals surface area (Å²) in [4.78, 5) is 95.2. The van der Waals surface area contributed by atoms with Gasteiger partial charge in [-0.15, -0.1) is 0 Å². The third-order valence-corrected chi connectivity index (χ3v) is 10.6. The van der Waals surface area contributed by atoms with Crippen LogP contribution in [0.3, 0.4) is 0 Å². The van der Waals surface area contributed by atoms with E-state index in [0.717, 1.165) is 0 Å². The van der Waals surface area contributed by atoms with Crippen LogP contribution in [0.25, 0.3) is 0 Å². The number of carbonyl (C=O) groups excluding carboxylic acids is 5. The van der Waals surface area contributed by atoms with Crippen LogP contribution in [-0.4, -0.2) is 243 Å². The molecule has 0 spiro atoms. The fourth-order valence-corrected chi connectivity index (χ4v) is 6.20. The van der Waals surface area contributed by atoms with Gasteiger partial charge in [-0.05, 0) is 55.4 Å². The van der Waals surface area contributed by atoms with E-state index in [4.69, 9.17) is 111 Å². The standard InChI is InChI=1S/C42H74N18O9.5CH2O/c1-9-55(10-2)37-46-34(47-38(52-37)56(11-3)26-64-17-31-20-67-31)43-23-59(29-62-15-7)41-49-35(48-39(53-41)57(12-4)27-65-18-32-21-68-32)44-24-60(30-63-16-8)42-51-36(45-25-61-14-6)50-40(54-42)58(13-5)28-66-19-33-22-69-33;5*1-2/h31-33H,9-30H2,1-8H3,(H,43,46,47,52)(H,44,48,49,53)(H,45,50,51,54);5*1H2. The van der Waals surface area contributed by atoms with Gasteiger partial charge in [0.25, 0.3) is 0 Å². The molecule has 0 radical (unpaired) electrons. The number of epoxide rings is 3. The number of nitrogens with zero attached hydrogens (tertiary/aromatic N) is 15. The third kappa shape index (κ3) is 26.6. The summed E-state index contributed by atoms with van der Waals surface area (Å²) in [6.45, 7) is 35.5. The molecule has 32 heteroatoms. The molecular formula is C47H84N18O14. The summed E-state index contributed by atoms with van der Waals surface area (Å²) in [5.41, 5.74) is 0. The van der Waals surface area contributed by atoms with Crippen molar-refractivity contribution in [3.63, 3.8) is 0 Å². The average molecular weight is 1130 g/mol. The number of ether oxygens (including phenoxy) is 9. The van der Waals surface area contributed by atoms with E-state index in [1.807, 2.05) is 100.0 Å². The summed E-state index contributed by atoms with van der Waals surface area (Å²) in [6.07, 6.45) is 0.344. The van der Waals surface area contributed by atoms with Gasteiger partial charge in [-0.2, -0.15) is 44.9 Å². The van der Waals surface area contributed by atoms with Crippen LogP contribution < -0.4 is 45.3 Å². The molecule has 3 aromatic rings. The van der Waals surface area contributed by atoms with Crippen molar-refractivity contribution in [1.29, 1.82) is 0 Å². The number of anilines is 9. The zero-order valence-corrected chi connectivity index (χ0v) is 47.2. The van der Waals surface area contributed by atoms with Gasteiger partial charge < -0.3 is 102 Å². The maximum atomic E-state index is 8.00. The molecule has 3 saturated heterocycles. The van der Waals surface area contributed by atoms with E-state index in [0.29, 0.717) is 147 Å². The molecule has 3 fully saturated rings. The minimum atomic E-state index is 0.0893. The quantitative estimate of drug-likeness (QED) is 0.0406. The molecule has 0 aliphatic carbocycles. The molecule has 0 aromatic carbocycles. The highest BCUT2D eigenvalue weighted by atomic mass is 16.6. The van der Waals surface area contributed by atoms with E-state index in [2.05, 4.69) is 34.7 Å². The monoisotopic (exact) mass is 1120 g/mol. The lowest BCUT2D eigenvalue weighted by Gasteiger charge is -2.28. The van der Waals surface area contributed by atoms with E-state index < -0.39 is 0 Å². The molecule has 0 bridgehead atoms. The van der Waals surface area contributed by atoms with Crippen molar-refractivity contribution in [3.8, 4) is 0 Å². The SMILES string of the molecule is C=O.C=O.C=O.C=O.C=O.CCOCNc1nc(N(CC)COCC2CO2)nc(N(CNc2nc(N(CC)COCC3CO3)nc(N(CNc3nc(N(CC)CC)nc(N(CC)COCC4CO4)n3)COCC)n2)COCC)n1. The fraction of sp³-hybridized carbons (Fsp3) is 0.702. The lowest BCUT2D eigenvalue weighted by Crippen LogP contribution is -2.37. The summed E-state index contributed by atoms with van der Waals surface area (Å²) >= 11 is 0. The van der Waals surface area contributed by atoms with Gasteiger partial charge in [-0.3, -0.25) is 9.80 Å². The maximum Gasteiger partial charge on any atom is 0.235 e. The third-order valence-electron chi connectivity index (χ3n) is 10.6. The Kier molecular flexibility index (Phi) is 38.4. The van der Waals surface area contributed by atoms with Crippen molar-refractivity contribution in [1.82, 2.24) is 44.9 Å². The molecule has 3 aromatic heterocycles. The normalized spacial score (nSPS) is 14.9. The Balaban J connectivity index is 0.00000295. The van der Waals surface area contributed by atoms with Gasteiger partial charge in [0.2, 0.25) is 53.5 Å². The first-order valence-corrected chi connectivity index (χ1v) is 25.6. The first kappa shape index (κ1) is 70.2. The molecule has 446 valence electrons. The summed E-state index contributed by atoms with van der Waals surface area (Å²) < 4.78 is 51.5. The number of aromatic nitrogens is 9. The van der Waals surface area contributed by atoms with Crippen molar-refractivity contribution in [2.24, 2.45) is 0 Å². The number of carbonyl (C=O) groups is 5. The van der Waals surface area contributed by atoms with Crippen LogP contribution in [0.4, 0.5) is 53.5 Å². The maximum absolute atomic E-state index is 8.00. The van der Waals surface area contributed by atoms with Crippen LogP contribution >= 0.6 is 0 Å². The Morgan fingerprint density at radius 2 is 0.620 bits per heavy atom. The number of nitrogens with one attached hydrogen (secondary N) is 3. The van der Waals surface area contributed by atoms with Gasteiger partial charge in [0.1, 0.15) is 92.6 Å².